The number of hydrogen-bond acceptors (Lipinski definition) is 4. The fraction of sp³-hybridized carbons (Fsp3) is 0.588. The molecule has 1 fully saturated rings. The quantitative estimate of drug-likeness (QED) is 0.855. The highest BCUT2D eigenvalue weighted by atomic mass is 32.2. The van der Waals surface area contributed by atoms with Crippen LogP contribution in [0.5, 0.6) is 0 Å². The first-order valence-corrected chi connectivity index (χ1v) is 9.93. The highest BCUT2D eigenvalue weighted by Gasteiger charge is 2.48. The first-order chi connectivity index (χ1) is 10.8. The van der Waals surface area contributed by atoms with E-state index in [9.17, 15) is 13.2 Å². The molecule has 2 rings (SSSR count). The monoisotopic (exact) mass is 338 g/mol. The van der Waals surface area contributed by atoms with Crippen LogP contribution in [0.1, 0.15) is 43.7 Å². The van der Waals surface area contributed by atoms with Crippen molar-refractivity contribution in [2.75, 3.05) is 19.3 Å². The molecule has 2 N–H and O–H groups in total. The van der Waals surface area contributed by atoms with Gasteiger partial charge in [-0.15, -0.1) is 0 Å². The second-order valence-corrected chi connectivity index (χ2v) is 8.92. The molecule has 0 saturated carbocycles. The van der Waals surface area contributed by atoms with E-state index in [0.717, 1.165) is 11.8 Å². The topological polar surface area (TPSA) is 75.3 Å². The minimum absolute atomic E-state index is 0.323. The van der Waals surface area contributed by atoms with Gasteiger partial charge >= 0.3 is 0 Å². The molecule has 6 heteroatoms. The maximum absolute atomic E-state index is 12.6. The lowest BCUT2D eigenvalue weighted by molar-refractivity contribution is -0.124. The van der Waals surface area contributed by atoms with Gasteiger partial charge in [-0.3, -0.25) is 4.79 Å². The van der Waals surface area contributed by atoms with Crippen molar-refractivity contribution in [1.29, 1.82) is 0 Å². The summed E-state index contributed by atoms with van der Waals surface area (Å²) in [4.78, 5) is 12.6. The highest BCUT2D eigenvalue weighted by Crippen LogP contribution is 2.28. The average Bonchev–Trinajstić information content (AvgIpc) is 2.52. The molecule has 1 aliphatic heterocycles. The lowest BCUT2D eigenvalue weighted by Gasteiger charge is -2.34. The molecule has 0 aromatic heterocycles. The summed E-state index contributed by atoms with van der Waals surface area (Å²) in [6, 6.07) is 8.04. The van der Waals surface area contributed by atoms with Crippen LogP contribution in [0.4, 0.5) is 0 Å². The third kappa shape index (κ3) is 3.93. The van der Waals surface area contributed by atoms with Crippen molar-refractivity contribution < 1.29 is 13.2 Å². The lowest BCUT2D eigenvalue weighted by Crippen LogP contribution is -2.57. The summed E-state index contributed by atoms with van der Waals surface area (Å²) in [5.41, 5.74) is 2.21. The predicted octanol–water partition coefficient (Wildman–Crippen LogP) is 1.59. The predicted molar refractivity (Wildman–Crippen MR) is 92.1 cm³/mol. The van der Waals surface area contributed by atoms with Crippen molar-refractivity contribution in [3.63, 3.8) is 0 Å². The number of carbonyl (C=O) groups excluding carboxylic acids is 1. The third-order valence-corrected chi connectivity index (χ3v) is 6.65. The lowest BCUT2D eigenvalue weighted by atomic mass is 9.95. The molecule has 0 radical (unpaired) electrons. The van der Waals surface area contributed by atoms with E-state index in [1.807, 2.05) is 24.3 Å². The van der Waals surface area contributed by atoms with Crippen molar-refractivity contribution in [1.82, 2.24) is 10.6 Å². The summed E-state index contributed by atoms with van der Waals surface area (Å²) >= 11 is 0. The second-order valence-electron chi connectivity index (χ2n) is 6.60. The molecule has 1 amide bonds. The van der Waals surface area contributed by atoms with Crippen molar-refractivity contribution in [2.45, 2.75) is 43.9 Å². The Morgan fingerprint density at radius 2 is 1.78 bits per heavy atom. The Balaban J connectivity index is 2.07. The van der Waals surface area contributed by atoms with Gasteiger partial charge in [0, 0.05) is 12.8 Å². The van der Waals surface area contributed by atoms with Gasteiger partial charge in [0.2, 0.25) is 5.91 Å². The van der Waals surface area contributed by atoms with Gasteiger partial charge in [0.1, 0.15) is 0 Å². The molecule has 1 aromatic carbocycles. The first kappa shape index (κ1) is 17.9. The summed E-state index contributed by atoms with van der Waals surface area (Å²) in [5, 5.41) is 5.93. The zero-order valence-electron chi connectivity index (χ0n) is 14.1. The minimum atomic E-state index is -3.46. The molecule has 5 nitrogen and oxygen atoms in total. The molecule has 23 heavy (non-hydrogen) atoms. The van der Waals surface area contributed by atoms with Crippen LogP contribution >= 0.6 is 0 Å². The fourth-order valence-corrected chi connectivity index (χ4v) is 4.32. The van der Waals surface area contributed by atoms with Gasteiger partial charge in [0.05, 0.1) is 0 Å². The zero-order chi connectivity index (χ0) is 17.1. The number of nitrogens with one attached hydrogen (secondary N) is 2. The Bertz CT molecular complexity index is 645. The van der Waals surface area contributed by atoms with Crippen LogP contribution in [-0.2, 0) is 21.2 Å². The molecule has 0 atom stereocenters. The molecule has 0 unspecified atom stereocenters. The summed E-state index contributed by atoms with van der Waals surface area (Å²) in [6.45, 7) is 5.70. The standard InChI is InChI=1S/C17H26N2O3S/c1-13(2)15-6-4-14(5-7-15)12-19-16(20)17(23(3,21)22)8-10-18-11-9-17/h4-7,13,18H,8-12H2,1-3H3,(H,19,20). The molecule has 1 aromatic rings. The number of amides is 1. The van der Waals surface area contributed by atoms with Crippen LogP contribution in [-0.4, -0.2) is 38.4 Å². The number of rotatable bonds is 5. The van der Waals surface area contributed by atoms with Gasteiger partial charge in [-0.25, -0.2) is 8.42 Å². The van der Waals surface area contributed by atoms with Crippen molar-refractivity contribution >= 4 is 15.7 Å². The largest absolute Gasteiger partial charge is 0.351 e. The molecule has 1 heterocycles. The van der Waals surface area contributed by atoms with Crippen molar-refractivity contribution in [3.05, 3.63) is 35.4 Å². The zero-order valence-corrected chi connectivity index (χ0v) is 14.9. The van der Waals surface area contributed by atoms with E-state index in [4.69, 9.17) is 0 Å². The molecule has 1 aliphatic rings. The van der Waals surface area contributed by atoms with E-state index < -0.39 is 14.6 Å². The fourth-order valence-electron chi connectivity index (χ4n) is 2.96. The minimum Gasteiger partial charge on any atom is -0.351 e. The summed E-state index contributed by atoms with van der Waals surface area (Å²) < 4.78 is 23.1. The van der Waals surface area contributed by atoms with E-state index in [0.29, 0.717) is 38.4 Å². The van der Waals surface area contributed by atoms with E-state index >= 15 is 0 Å². The smallest absolute Gasteiger partial charge is 0.241 e. The van der Waals surface area contributed by atoms with Gasteiger partial charge in [-0.2, -0.15) is 0 Å². The Kier molecular flexibility index (Phi) is 5.47. The summed E-state index contributed by atoms with van der Waals surface area (Å²) in [7, 11) is -3.46. The molecule has 0 spiro atoms. The van der Waals surface area contributed by atoms with Gasteiger partial charge in [-0.05, 0) is 43.0 Å². The van der Waals surface area contributed by atoms with Gasteiger partial charge in [0.25, 0.3) is 0 Å². The van der Waals surface area contributed by atoms with E-state index in [2.05, 4.69) is 24.5 Å². The van der Waals surface area contributed by atoms with E-state index in [1.54, 1.807) is 0 Å². The third-order valence-electron chi connectivity index (χ3n) is 4.63. The van der Waals surface area contributed by atoms with Gasteiger partial charge in [0.15, 0.2) is 14.6 Å². The van der Waals surface area contributed by atoms with Crippen LogP contribution in [0.25, 0.3) is 0 Å². The highest BCUT2D eigenvalue weighted by molar-refractivity contribution is 7.92. The molecular formula is C17H26N2O3S. The van der Waals surface area contributed by atoms with E-state index in [-0.39, 0.29) is 5.91 Å². The average molecular weight is 338 g/mol. The number of benzene rings is 1. The normalized spacial score (nSPS) is 17.9. The maximum atomic E-state index is 12.6. The van der Waals surface area contributed by atoms with Gasteiger partial charge in [-0.1, -0.05) is 38.1 Å². The number of piperidine rings is 1. The first-order valence-electron chi connectivity index (χ1n) is 8.04. The van der Waals surface area contributed by atoms with Crippen LogP contribution < -0.4 is 10.6 Å². The number of carbonyl (C=O) groups is 1. The van der Waals surface area contributed by atoms with Crippen LogP contribution in [0.15, 0.2) is 24.3 Å². The van der Waals surface area contributed by atoms with Crippen LogP contribution in [0.3, 0.4) is 0 Å². The Morgan fingerprint density at radius 3 is 2.26 bits per heavy atom. The second kappa shape index (κ2) is 7.01. The Labute approximate surface area is 138 Å². The maximum Gasteiger partial charge on any atom is 0.241 e. The summed E-state index contributed by atoms with van der Waals surface area (Å²) in [5.74, 6) is 0.0799. The summed E-state index contributed by atoms with van der Waals surface area (Å²) in [6.07, 6.45) is 1.81. The number of sulfone groups is 1. The van der Waals surface area contributed by atoms with Crippen molar-refractivity contribution in [2.24, 2.45) is 0 Å². The Morgan fingerprint density at radius 1 is 1.22 bits per heavy atom. The Hall–Kier alpha value is -1.40. The molecular weight excluding hydrogens is 312 g/mol. The molecule has 0 aliphatic carbocycles. The number of hydrogen-bond donors (Lipinski definition) is 2. The van der Waals surface area contributed by atoms with Crippen LogP contribution in [0, 0.1) is 0 Å². The molecule has 1 saturated heterocycles. The molecule has 0 bridgehead atoms. The van der Waals surface area contributed by atoms with Crippen LogP contribution in [0.2, 0.25) is 0 Å². The van der Waals surface area contributed by atoms with Gasteiger partial charge < -0.3 is 10.6 Å². The molecule has 128 valence electrons. The SMILES string of the molecule is CC(C)c1ccc(CNC(=O)C2(S(C)(=O)=O)CCNCC2)cc1. The van der Waals surface area contributed by atoms with E-state index in [1.165, 1.54) is 5.56 Å². The van der Waals surface area contributed by atoms with Crippen molar-refractivity contribution in [3.8, 4) is 0 Å².